The van der Waals surface area contributed by atoms with Gasteiger partial charge in [-0.15, -0.1) is 0 Å². The highest BCUT2D eigenvalue weighted by Gasteiger charge is 2.04. The quantitative estimate of drug-likeness (QED) is 0.670. The van der Waals surface area contributed by atoms with Gasteiger partial charge >= 0.3 is 0 Å². The molecular weight excluding hydrogens is 301 g/mol. The predicted octanol–water partition coefficient (Wildman–Crippen LogP) is 1.88. The second-order valence-electron chi connectivity index (χ2n) is 2.38. The minimum absolute atomic E-state index is 0.0137. The average Bonchev–Trinajstić information content (AvgIpc) is 2.07. The highest BCUT2D eigenvalue weighted by Crippen LogP contribution is 2.14. The second kappa shape index (κ2) is 4.69. The van der Waals surface area contributed by atoms with Crippen LogP contribution in [0.5, 0.6) is 0 Å². The van der Waals surface area contributed by atoms with Crippen LogP contribution in [0.4, 0.5) is 0 Å². The third-order valence-electron chi connectivity index (χ3n) is 1.47. The van der Waals surface area contributed by atoms with Gasteiger partial charge in [0.05, 0.1) is 17.4 Å². The van der Waals surface area contributed by atoms with Crippen molar-refractivity contribution in [3.63, 3.8) is 0 Å². The van der Waals surface area contributed by atoms with Gasteiger partial charge in [-0.3, -0.25) is 0 Å². The third-order valence-corrected chi connectivity index (χ3v) is 2.70. The fourth-order valence-corrected chi connectivity index (χ4v) is 1.92. The normalized spacial score (nSPS) is 12.1. The summed E-state index contributed by atoms with van der Waals surface area (Å²) < 4.78 is 20.1. The van der Waals surface area contributed by atoms with E-state index in [1.807, 2.05) is 12.1 Å². The van der Waals surface area contributed by atoms with Crippen LogP contribution in [0.2, 0.25) is 0 Å². The molecule has 0 amide bonds. The van der Waals surface area contributed by atoms with Crippen molar-refractivity contribution in [3.8, 4) is 6.07 Å². The molecule has 0 fully saturated rings. The van der Waals surface area contributed by atoms with Crippen LogP contribution in [0.3, 0.4) is 0 Å². The Morgan fingerprint density at radius 1 is 1.62 bits per heavy atom. The third kappa shape index (κ3) is 3.06. The molecule has 0 aromatic heterocycles. The maximum Gasteiger partial charge on any atom is 0.157 e. The molecule has 0 aliphatic carbocycles. The summed E-state index contributed by atoms with van der Waals surface area (Å²) in [4.78, 5) is 0. The predicted molar refractivity (Wildman–Crippen MR) is 58.3 cm³/mol. The molecular formula is C8H6INO2S. The fraction of sp³-hybridized carbons (Fsp3) is 0.125. The average molecular weight is 307 g/mol. The van der Waals surface area contributed by atoms with E-state index >= 15 is 0 Å². The Morgan fingerprint density at radius 3 is 2.85 bits per heavy atom. The molecule has 1 aromatic rings. The van der Waals surface area contributed by atoms with E-state index in [4.69, 9.17) is 9.81 Å². The van der Waals surface area contributed by atoms with Gasteiger partial charge in [-0.05, 0) is 40.3 Å². The zero-order valence-corrected chi connectivity index (χ0v) is 9.50. The van der Waals surface area contributed by atoms with Crippen molar-refractivity contribution < 1.29 is 8.76 Å². The van der Waals surface area contributed by atoms with Gasteiger partial charge < -0.3 is 4.55 Å². The molecule has 0 saturated heterocycles. The van der Waals surface area contributed by atoms with Crippen LogP contribution in [0.25, 0.3) is 0 Å². The SMILES string of the molecule is N#Cc1cc(I)ccc1CS(=O)O. The Bertz CT molecular complexity index is 386. The Morgan fingerprint density at radius 2 is 2.31 bits per heavy atom. The molecule has 1 unspecified atom stereocenters. The van der Waals surface area contributed by atoms with Crippen LogP contribution in [-0.4, -0.2) is 8.76 Å². The molecule has 3 nitrogen and oxygen atoms in total. The van der Waals surface area contributed by atoms with Crippen LogP contribution in [0.15, 0.2) is 18.2 Å². The first-order valence-electron chi connectivity index (χ1n) is 3.39. The van der Waals surface area contributed by atoms with E-state index in [9.17, 15) is 4.21 Å². The smallest absolute Gasteiger partial charge is 0.157 e. The van der Waals surface area contributed by atoms with Crippen molar-refractivity contribution in [3.05, 3.63) is 32.9 Å². The highest BCUT2D eigenvalue weighted by molar-refractivity contribution is 14.1. The van der Waals surface area contributed by atoms with Gasteiger partial charge in [0.25, 0.3) is 0 Å². The Balaban J connectivity index is 3.08. The molecule has 1 aromatic carbocycles. The Hall–Kier alpha value is -0.450. The molecule has 0 aliphatic rings. The lowest BCUT2D eigenvalue weighted by molar-refractivity contribution is 0.563. The van der Waals surface area contributed by atoms with E-state index < -0.39 is 11.1 Å². The van der Waals surface area contributed by atoms with E-state index in [1.54, 1.807) is 12.1 Å². The molecule has 13 heavy (non-hydrogen) atoms. The summed E-state index contributed by atoms with van der Waals surface area (Å²) >= 11 is 0.201. The molecule has 0 spiro atoms. The molecule has 1 atom stereocenters. The van der Waals surface area contributed by atoms with Crippen molar-refractivity contribution >= 4 is 33.7 Å². The van der Waals surface area contributed by atoms with Crippen LogP contribution >= 0.6 is 22.6 Å². The van der Waals surface area contributed by atoms with Gasteiger partial charge in [0.1, 0.15) is 0 Å². The van der Waals surface area contributed by atoms with E-state index in [1.165, 1.54) is 0 Å². The molecule has 0 aliphatic heterocycles. The number of hydrogen-bond acceptors (Lipinski definition) is 2. The van der Waals surface area contributed by atoms with Crippen LogP contribution < -0.4 is 0 Å². The topological polar surface area (TPSA) is 61.1 Å². The number of hydrogen-bond donors (Lipinski definition) is 1. The van der Waals surface area contributed by atoms with Crippen LogP contribution in [0, 0.1) is 14.9 Å². The minimum Gasteiger partial charge on any atom is -0.306 e. The number of nitrogens with zero attached hydrogens (tertiary/aromatic N) is 1. The zero-order valence-electron chi connectivity index (χ0n) is 6.53. The Kier molecular flexibility index (Phi) is 3.84. The summed E-state index contributed by atoms with van der Waals surface area (Å²) in [5.74, 6) is 0.0137. The summed E-state index contributed by atoms with van der Waals surface area (Å²) in [5.41, 5.74) is 1.08. The largest absolute Gasteiger partial charge is 0.306 e. The van der Waals surface area contributed by atoms with Gasteiger partial charge in [-0.2, -0.15) is 5.26 Å². The van der Waals surface area contributed by atoms with Gasteiger partial charge in [0.2, 0.25) is 0 Å². The maximum absolute atomic E-state index is 10.5. The van der Waals surface area contributed by atoms with Crippen molar-refractivity contribution in [2.45, 2.75) is 5.75 Å². The summed E-state index contributed by atoms with van der Waals surface area (Å²) in [6.45, 7) is 0. The van der Waals surface area contributed by atoms with Crippen molar-refractivity contribution in [1.82, 2.24) is 0 Å². The number of nitriles is 1. The van der Waals surface area contributed by atoms with Crippen LogP contribution in [0.1, 0.15) is 11.1 Å². The van der Waals surface area contributed by atoms with E-state index in [2.05, 4.69) is 22.6 Å². The van der Waals surface area contributed by atoms with Gasteiger partial charge in [0.15, 0.2) is 11.1 Å². The highest BCUT2D eigenvalue weighted by atomic mass is 127. The van der Waals surface area contributed by atoms with Gasteiger partial charge in [-0.25, -0.2) is 4.21 Å². The molecule has 5 heteroatoms. The van der Waals surface area contributed by atoms with Crippen molar-refractivity contribution in [2.24, 2.45) is 0 Å². The standard InChI is InChI=1S/C8H6INO2S/c9-8-2-1-6(5-13(11)12)7(3-8)4-10/h1-3H,5H2,(H,11,12). The molecule has 1 rings (SSSR count). The second-order valence-corrected chi connectivity index (χ2v) is 4.56. The van der Waals surface area contributed by atoms with E-state index in [0.717, 1.165) is 3.57 Å². The number of benzene rings is 1. The summed E-state index contributed by atoms with van der Waals surface area (Å²) in [6.07, 6.45) is 0. The first-order chi connectivity index (χ1) is 6.13. The zero-order chi connectivity index (χ0) is 9.84. The maximum atomic E-state index is 10.5. The molecule has 1 N–H and O–H groups in total. The monoisotopic (exact) mass is 307 g/mol. The van der Waals surface area contributed by atoms with E-state index in [0.29, 0.717) is 11.1 Å². The van der Waals surface area contributed by atoms with Gasteiger partial charge in [0, 0.05) is 3.57 Å². The Labute approximate surface area is 92.2 Å². The van der Waals surface area contributed by atoms with E-state index in [-0.39, 0.29) is 5.75 Å². The molecule has 0 bridgehead atoms. The first-order valence-corrected chi connectivity index (χ1v) is 5.75. The molecule has 0 saturated carbocycles. The molecule has 0 heterocycles. The number of rotatable bonds is 2. The lowest BCUT2D eigenvalue weighted by Gasteiger charge is -2.00. The van der Waals surface area contributed by atoms with Crippen LogP contribution in [-0.2, 0) is 16.8 Å². The summed E-state index contributed by atoms with van der Waals surface area (Å²) in [6, 6.07) is 7.20. The van der Waals surface area contributed by atoms with Crippen molar-refractivity contribution in [2.75, 3.05) is 0 Å². The molecule has 68 valence electrons. The van der Waals surface area contributed by atoms with Crippen molar-refractivity contribution in [1.29, 1.82) is 5.26 Å². The first kappa shape index (κ1) is 10.6. The van der Waals surface area contributed by atoms with Gasteiger partial charge in [-0.1, -0.05) is 6.07 Å². The lowest BCUT2D eigenvalue weighted by Crippen LogP contribution is -1.96. The number of halogens is 1. The minimum atomic E-state index is -1.89. The lowest BCUT2D eigenvalue weighted by atomic mass is 10.1. The summed E-state index contributed by atoms with van der Waals surface area (Å²) in [7, 11) is 0. The fourth-order valence-electron chi connectivity index (χ4n) is 0.912. The summed E-state index contributed by atoms with van der Waals surface area (Å²) in [5, 5.41) is 8.72. The molecule has 0 radical (unpaired) electrons.